The van der Waals surface area contributed by atoms with Gasteiger partial charge in [0.15, 0.2) is 0 Å². The number of carbonyl (C=O) groups is 3. The van der Waals surface area contributed by atoms with Gasteiger partial charge in [0.1, 0.15) is 6.61 Å². The Balaban J connectivity index is 0. The van der Waals surface area contributed by atoms with Crippen LogP contribution in [0.4, 0.5) is 4.79 Å². The average Bonchev–Trinajstić information content (AvgIpc) is 2.04. The predicted octanol–water partition coefficient (Wildman–Crippen LogP) is -1.94. The number of nitrogens with one attached hydrogen (secondary N) is 1. The van der Waals surface area contributed by atoms with Gasteiger partial charge in [-0.25, -0.2) is 4.79 Å². The molecule has 0 fully saturated rings. The predicted molar refractivity (Wildman–Crippen MR) is 44.3 cm³/mol. The smallest absolute Gasteiger partial charge is 0.318 e. The van der Waals surface area contributed by atoms with Crippen molar-refractivity contribution in [3.8, 4) is 0 Å². The molecule has 0 rings (SSSR count). The van der Waals surface area contributed by atoms with Crippen molar-refractivity contribution in [3.05, 3.63) is 0 Å². The van der Waals surface area contributed by atoms with Crippen LogP contribution in [0.1, 0.15) is 13.3 Å². The van der Waals surface area contributed by atoms with Crippen molar-refractivity contribution in [2.24, 2.45) is 11.5 Å². The number of urea groups is 1. The topological polar surface area (TPSA) is 136 Å². The highest BCUT2D eigenvalue weighted by molar-refractivity contribution is 5.93. The summed E-state index contributed by atoms with van der Waals surface area (Å²) in [5, 5.41) is 9.61. The van der Waals surface area contributed by atoms with E-state index in [9.17, 15) is 14.4 Å². The minimum atomic E-state index is -0.955. The molecule has 0 radical (unpaired) electrons. The summed E-state index contributed by atoms with van der Waals surface area (Å²) in [6.07, 6.45) is 0.444. The van der Waals surface area contributed by atoms with Gasteiger partial charge in [-0.2, -0.15) is 0 Å². The molecule has 6 N–H and O–H groups in total. The fraction of sp³-hybridized carbons (Fsp3) is 0.500. The van der Waals surface area contributed by atoms with E-state index in [1.807, 2.05) is 0 Å². The van der Waals surface area contributed by atoms with Gasteiger partial charge in [-0.1, -0.05) is 6.92 Å². The van der Waals surface area contributed by atoms with Gasteiger partial charge in [0.05, 0.1) is 0 Å². The minimum absolute atomic E-state index is 0.245. The third-order valence-corrected chi connectivity index (χ3v) is 0.755. The molecule has 0 saturated heterocycles. The molecule has 7 nitrogen and oxygen atoms in total. The molecule has 0 bridgehead atoms. The third kappa shape index (κ3) is 17.9. The molecule has 0 aliphatic carbocycles. The lowest BCUT2D eigenvalue weighted by Crippen LogP contribution is -2.36. The number of hydrogen-bond donors (Lipinski definition) is 4. The zero-order valence-electron chi connectivity index (χ0n) is 7.24. The van der Waals surface area contributed by atoms with Crippen molar-refractivity contribution >= 4 is 17.8 Å². The molecule has 0 atom stereocenters. The van der Waals surface area contributed by atoms with Crippen LogP contribution in [0.15, 0.2) is 0 Å². The van der Waals surface area contributed by atoms with Gasteiger partial charge < -0.3 is 16.6 Å². The van der Waals surface area contributed by atoms with Crippen LogP contribution >= 0.6 is 0 Å². The molecule has 0 spiro atoms. The summed E-state index contributed by atoms with van der Waals surface area (Å²) >= 11 is 0. The minimum Gasteiger partial charge on any atom is -0.387 e. The molecular formula is C6H13N3O4. The molecule has 0 saturated carbocycles. The van der Waals surface area contributed by atoms with Crippen LogP contribution in [-0.4, -0.2) is 29.6 Å². The number of aliphatic hydroxyl groups excluding tert-OH is 1. The van der Waals surface area contributed by atoms with Gasteiger partial charge in [0.25, 0.3) is 5.91 Å². The first-order chi connectivity index (χ1) is 5.93. The standard InChI is InChI=1S/C3H6N2O3.C3H7NO/c4-3(8)5-2(7)1-6;1-2-3(4)5/h6H,1H2,(H3,4,5,7,8);2H2,1H3,(H2,4,5). The lowest BCUT2D eigenvalue weighted by atomic mass is 10.5. The maximum Gasteiger partial charge on any atom is 0.318 e. The number of imide groups is 1. The summed E-state index contributed by atoms with van der Waals surface area (Å²) in [6.45, 7) is 1.01. The number of amides is 4. The lowest BCUT2D eigenvalue weighted by molar-refractivity contribution is -0.122. The molecular weight excluding hydrogens is 178 g/mol. The SMILES string of the molecule is CCC(N)=O.NC(=O)NC(=O)CO. The van der Waals surface area contributed by atoms with E-state index >= 15 is 0 Å². The van der Waals surface area contributed by atoms with Crippen LogP contribution in [0.25, 0.3) is 0 Å². The van der Waals surface area contributed by atoms with E-state index in [-0.39, 0.29) is 5.91 Å². The number of primary amides is 2. The summed E-state index contributed by atoms with van der Waals surface area (Å²) in [7, 11) is 0. The van der Waals surface area contributed by atoms with Crippen LogP contribution in [0.3, 0.4) is 0 Å². The van der Waals surface area contributed by atoms with E-state index in [1.165, 1.54) is 0 Å². The summed E-state index contributed by atoms with van der Waals surface area (Å²) in [6, 6.07) is -0.955. The number of rotatable bonds is 2. The summed E-state index contributed by atoms with van der Waals surface area (Å²) in [4.78, 5) is 29.3. The van der Waals surface area contributed by atoms with Gasteiger partial charge in [0, 0.05) is 6.42 Å². The first kappa shape index (κ1) is 13.9. The molecule has 0 heterocycles. The Morgan fingerprint density at radius 3 is 1.77 bits per heavy atom. The van der Waals surface area contributed by atoms with E-state index in [4.69, 9.17) is 5.11 Å². The van der Waals surface area contributed by atoms with Gasteiger partial charge in [0.2, 0.25) is 5.91 Å². The van der Waals surface area contributed by atoms with Crippen molar-refractivity contribution in [1.29, 1.82) is 0 Å². The second-order valence-corrected chi connectivity index (χ2v) is 1.89. The monoisotopic (exact) mass is 191 g/mol. The Morgan fingerprint density at radius 1 is 1.31 bits per heavy atom. The molecule has 0 aliphatic heterocycles. The first-order valence-electron chi connectivity index (χ1n) is 3.42. The number of hydrogen-bond acceptors (Lipinski definition) is 4. The van der Waals surface area contributed by atoms with E-state index < -0.39 is 18.5 Å². The van der Waals surface area contributed by atoms with Crippen molar-refractivity contribution in [2.45, 2.75) is 13.3 Å². The molecule has 0 unspecified atom stereocenters. The summed E-state index contributed by atoms with van der Waals surface area (Å²) < 4.78 is 0. The van der Waals surface area contributed by atoms with Crippen LogP contribution < -0.4 is 16.8 Å². The zero-order chi connectivity index (χ0) is 10.9. The van der Waals surface area contributed by atoms with Crippen molar-refractivity contribution in [3.63, 3.8) is 0 Å². The van der Waals surface area contributed by atoms with Crippen molar-refractivity contribution in [2.75, 3.05) is 6.61 Å². The largest absolute Gasteiger partial charge is 0.387 e. The van der Waals surface area contributed by atoms with Crippen LogP contribution in [0.2, 0.25) is 0 Å². The van der Waals surface area contributed by atoms with Gasteiger partial charge in [-0.15, -0.1) is 0 Å². The first-order valence-corrected chi connectivity index (χ1v) is 3.42. The highest BCUT2D eigenvalue weighted by Gasteiger charge is 1.98. The van der Waals surface area contributed by atoms with Crippen molar-refractivity contribution < 1.29 is 19.5 Å². The number of carbonyl (C=O) groups excluding carboxylic acids is 3. The third-order valence-electron chi connectivity index (χ3n) is 0.755. The van der Waals surface area contributed by atoms with Gasteiger partial charge in [-0.05, 0) is 0 Å². The van der Waals surface area contributed by atoms with E-state index in [2.05, 4.69) is 11.5 Å². The average molecular weight is 191 g/mol. The maximum absolute atomic E-state index is 9.96. The Labute approximate surface area is 75.1 Å². The Kier molecular flexibility index (Phi) is 9.07. The molecule has 0 aromatic carbocycles. The number of aliphatic hydroxyl groups is 1. The highest BCUT2D eigenvalue weighted by Crippen LogP contribution is 1.63. The highest BCUT2D eigenvalue weighted by atomic mass is 16.3. The fourth-order valence-corrected chi connectivity index (χ4v) is 0.177. The Bertz CT molecular complexity index is 192. The van der Waals surface area contributed by atoms with Gasteiger partial charge >= 0.3 is 6.03 Å². The van der Waals surface area contributed by atoms with Crippen LogP contribution in [0.5, 0.6) is 0 Å². The quantitative estimate of drug-likeness (QED) is 0.403. The van der Waals surface area contributed by atoms with E-state index in [0.717, 1.165) is 0 Å². The van der Waals surface area contributed by atoms with E-state index in [0.29, 0.717) is 6.42 Å². The molecule has 0 aromatic rings. The lowest BCUT2D eigenvalue weighted by Gasteiger charge is -1.92. The normalized spacial score (nSPS) is 7.85. The maximum atomic E-state index is 9.96. The van der Waals surface area contributed by atoms with E-state index in [1.54, 1.807) is 12.2 Å². The molecule has 0 aliphatic rings. The summed E-state index contributed by atoms with van der Waals surface area (Å²) in [5.41, 5.74) is 9.14. The Hall–Kier alpha value is -1.63. The van der Waals surface area contributed by atoms with Crippen molar-refractivity contribution in [1.82, 2.24) is 5.32 Å². The molecule has 7 heteroatoms. The van der Waals surface area contributed by atoms with Gasteiger partial charge in [-0.3, -0.25) is 14.9 Å². The summed E-state index contributed by atoms with van der Waals surface area (Å²) in [5.74, 6) is -1.04. The zero-order valence-corrected chi connectivity index (χ0v) is 7.24. The van der Waals surface area contributed by atoms with Crippen LogP contribution in [0, 0.1) is 0 Å². The fourth-order valence-electron chi connectivity index (χ4n) is 0.177. The molecule has 76 valence electrons. The molecule has 4 amide bonds. The second kappa shape index (κ2) is 8.47. The molecule has 13 heavy (non-hydrogen) atoms. The molecule has 0 aromatic heterocycles. The Morgan fingerprint density at radius 2 is 1.69 bits per heavy atom. The second-order valence-electron chi connectivity index (χ2n) is 1.89. The number of nitrogens with two attached hydrogens (primary N) is 2. The van der Waals surface area contributed by atoms with Crippen LogP contribution in [-0.2, 0) is 9.59 Å².